The average Bonchev–Trinajstić information content (AvgIpc) is 2.75. The Labute approximate surface area is 122 Å². The molecule has 0 fully saturated rings. The van der Waals surface area contributed by atoms with Gasteiger partial charge in [-0.25, -0.2) is 0 Å². The van der Waals surface area contributed by atoms with Crippen molar-refractivity contribution in [2.45, 2.75) is 41.0 Å². The predicted molar refractivity (Wildman–Crippen MR) is 88.0 cm³/mol. The molecule has 0 heterocycles. The Morgan fingerprint density at radius 2 is 1.50 bits per heavy atom. The van der Waals surface area contributed by atoms with Crippen molar-refractivity contribution >= 4 is 11.1 Å². The molecule has 0 aromatic heterocycles. The molecule has 0 amide bonds. The highest BCUT2D eigenvalue weighted by Gasteiger charge is 2.22. The van der Waals surface area contributed by atoms with E-state index in [9.17, 15) is 0 Å². The van der Waals surface area contributed by atoms with Crippen LogP contribution >= 0.6 is 0 Å². The second kappa shape index (κ2) is 4.63. The maximum atomic E-state index is 2.30. The molecule has 0 N–H and O–H groups in total. The minimum Gasteiger partial charge on any atom is -0.0617 e. The maximum Gasteiger partial charge on any atom is -0.00107 e. The summed E-state index contributed by atoms with van der Waals surface area (Å²) in [7, 11) is 0. The Morgan fingerprint density at radius 3 is 2.20 bits per heavy atom. The smallest absolute Gasteiger partial charge is 0.00107 e. The van der Waals surface area contributed by atoms with Crippen LogP contribution in [0.2, 0.25) is 0 Å². The van der Waals surface area contributed by atoms with Crippen LogP contribution in [0.15, 0.2) is 30.3 Å². The molecule has 20 heavy (non-hydrogen) atoms. The monoisotopic (exact) mass is 262 g/mol. The van der Waals surface area contributed by atoms with Crippen molar-refractivity contribution in [3.05, 3.63) is 69.3 Å². The van der Waals surface area contributed by atoms with Crippen LogP contribution in [0.1, 0.15) is 45.9 Å². The van der Waals surface area contributed by atoms with Gasteiger partial charge in [0.25, 0.3) is 0 Å². The van der Waals surface area contributed by atoms with E-state index in [0.29, 0.717) is 0 Å². The largest absolute Gasteiger partial charge is 0.0617 e. The summed E-state index contributed by atoms with van der Waals surface area (Å²) >= 11 is 0. The predicted octanol–water partition coefficient (Wildman–Crippen LogP) is 5.41. The first-order valence-electron chi connectivity index (χ1n) is 7.36. The van der Waals surface area contributed by atoms with Crippen LogP contribution in [0.5, 0.6) is 0 Å². The summed E-state index contributed by atoms with van der Waals surface area (Å²) in [6.45, 7) is 11.2. The molecule has 0 spiro atoms. The summed E-state index contributed by atoms with van der Waals surface area (Å²) in [6.07, 6.45) is 1.08. The van der Waals surface area contributed by atoms with Crippen molar-refractivity contribution in [1.82, 2.24) is 0 Å². The van der Waals surface area contributed by atoms with E-state index in [4.69, 9.17) is 0 Å². The lowest BCUT2D eigenvalue weighted by Crippen LogP contribution is -1.95. The molecule has 0 aliphatic heterocycles. The molecule has 0 radical (unpaired) electrons. The number of fused-ring (bicyclic) bond motifs is 1. The average molecular weight is 262 g/mol. The van der Waals surface area contributed by atoms with Crippen molar-refractivity contribution in [3.8, 4) is 0 Å². The molecule has 3 rings (SSSR count). The zero-order valence-corrected chi connectivity index (χ0v) is 13.1. The molecule has 0 saturated heterocycles. The van der Waals surface area contributed by atoms with Crippen LogP contribution in [0, 0.1) is 27.7 Å². The van der Waals surface area contributed by atoms with E-state index < -0.39 is 0 Å². The first kappa shape index (κ1) is 13.2. The van der Waals surface area contributed by atoms with Crippen LogP contribution < -0.4 is 0 Å². The quantitative estimate of drug-likeness (QED) is 0.645. The van der Waals surface area contributed by atoms with Gasteiger partial charge < -0.3 is 0 Å². The molecule has 0 bridgehead atoms. The SMILES string of the molecule is CC1=C(c2ccc(C)c(C)c2C)Cc2cccc(C)c21. The number of allylic oxidation sites excluding steroid dienone is 2. The number of hydrogen-bond acceptors (Lipinski definition) is 0. The molecule has 0 unspecified atom stereocenters. The molecule has 102 valence electrons. The minimum atomic E-state index is 1.08. The fraction of sp³-hybridized carbons (Fsp3) is 0.300. The Balaban J connectivity index is 2.19. The van der Waals surface area contributed by atoms with Gasteiger partial charge in [-0.15, -0.1) is 0 Å². The molecule has 1 aliphatic carbocycles. The molecule has 2 aromatic rings. The topological polar surface area (TPSA) is 0 Å². The van der Waals surface area contributed by atoms with Gasteiger partial charge in [-0.3, -0.25) is 0 Å². The van der Waals surface area contributed by atoms with Gasteiger partial charge in [0.1, 0.15) is 0 Å². The van der Waals surface area contributed by atoms with E-state index in [0.717, 1.165) is 6.42 Å². The lowest BCUT2D eigenvalue weighted by Gasteiger charge is -2.13. The summed E-state index contributed by atoms with van der Waals surface area (Å²) in [6, 6.07) is 11.2. The standard InChI is InChI=1S/C20H22/c1-12-9-10-18(15(4)14(12)3)19-11-17-8-6-7-13(2)20(17)16(19)5/h6-10H,11H2,1-5H3. The Kier molecular flexibility index (Phi) is 3.05. The zero-order valence-electron chi connectivity index (χ0n) is 13.1. The van der Waals surface area contributed by atoms with Gasteiger partial charge in [-0.05, 0) is 91.1 Å². The van der Waals surface area contributed by atoms with E-state index in [1.54, 1.807) is 0 Å². The molecular weight excluding hydrogens is 240 g/mol. The minimum absolute atomic E-state index is 1.08. The van der Waals surface area contributed by atoms with Crippen molar-refractivity contribution in [3.63, 3.8) is 0 Å². The van der Waals surface area contributed by atoms with E-state index >= 15 is 0 Å². The highest BCUT2D eigenvalue weighted by atomic mass is 14.3. The van der Waals surface area contributed by atoms with Crippen LogP contribution in [0.3, 0.4) is 0 Å². The third kappa shape index (κ3) is 1.83. The normalized spacial score (nSPS) is 13.8. The Hall–Kier alpha value is -1.82. The summed E-state index contributed by atoms with van der Waals surface area (Å²) in [4.78, 5) is 0. The summed E-state index contributed by atoms with van der Waals surface area (Å²) in [5, 5.41) is 0. The van der Waals surface area contributed by atoms with Crippen molar-refractivity contribution in [2.75, 3.05) is 0 Å². The number of hydrogen-bond donors (Lipinski definition) is 0. The number of rotatable bonds is 1. The van der Waals surface area contributed by atoms with Gasteiger partial charge in [-0.2, -0.15) is 0 Å². The zero-order chi connectivity index (χ0) is 14.4. The van der Waals surface area contributed by atoms with Crippen LogP contribution in [-0.2, 0) is 6.42 Å². The van der Waals surface area contributed by atoms with Crippen LogP contribution in [-0.4, -0.2) is 0 Å². The summed E-state index contributed by atoms with van der Waals surface area (Å²) < 4.78 is 0. The van der Waals surface area contributed by atoms with Crippen molar-refractivity contribution in [1.29, 1.82) is 0 Å². The van der Waals surface area contributed by atoms with Gasteiger partial charge in [0, 0.05) is 0 Å². The van der Waals surface area contributed by atoms with Crippen molar-refractivity contribution in [2.24, 2.45) is 0 Å². The molecule has 2 aromatic carbocycles. The Bertz CT molecular complexity index is 730. The van der Waals surface area contributed by atoms with Gasteiger partial charge in [0.2, 0.25) is 0 Å². The summed E-state index contributed by atoms with van der Waals surface area (Å²) in [5.41, 5.74) is 13.0. The van der Waals surface area contributed by atoms with E-state index in [2.05, 4.69) is 65.0 Å². The second-order valence-electron chi connectivity index (χ2n) is 6.07. The number of aryl methyl sites for hydroxylation is 2. The summed E-state index contributed by atoms with van der Waals surface area (Å²) in [5.74, 6) is 0. The fourth-order valence-corrected chi connectivity index (χ4v) is 3.47. The lowest BCUT2D eigenvalue weighted by molar-refractivity contribution is 1.22. The molecule has 1 aliphatic rings. The lowest BCUT2D eigenvalue weighted by atomic mass is 9.92. The van der Waals surface area contributed by atoms with Gasteiger partial charge in [0.05, 0.1) is 0 Å². The number of benzene rings is 2. The van der Waals surface area contributed by atoms with E-state index in [1.807, 2.05) is 0 Å². The fourth-order valence-electron chi connectivity index (χ4n) is 3.47. The third-order valence-corrected chi connectivity index (χ3v) is 4.94. The van der Waals surface area contributed by atoms with E-state index in [1.165, 1.54) is 50.1 Å². The van der Waals surface area contributed by atoms with Crippen LogP contribution in [0.25, 0.3) is 11.1 Å². The van der Waals surface area contributed by atoms with E-state index in [-0.39, 0.29) is 0 Å². The second-order valence-corrected chi connectivity index (χ2v) is 6.07. The van der Waals surface area contributed by atoms with Gasteiger partial charge >= 0.3 is 0 Å². The van der Waals surface area contributed by atoms with Crippen molar-refractivity contribution < 1.29 is 0 Å². The third-order valence-electron chi connectivity index (χ3n) is 4.94. The van der Waals surface area contributed by atoms with Gasteiger partial charge in [0.15, 0.2) is 0 Å². The highest BCUT2D eigenvalue weighted by molar-refractivity contribution is 5.97. The van der Waals surface area contributed by atoms with Gasteiger partial charge in [-0.1, -0.05) is 30.3 Å². The first-order valence-corrected chi connectivity index (χ1v) is 7.36. The molecule has 0 atom stereocenters. The molecule has 0 heteroatoms. The first-order chi connectivity index (χ1) is 9.50. The van der Waals surface area contributed by atoms with Crippen LogP contribution in [0.4, 0.5) is 0 Å². The Morgan fingerprint density at radius 1 is 0.750 bits per heavy atom. The maximum absolute atomic E-state index is 2.30. The molecular formula is C20H22. The molecule has 0 saturated carbocycles. The molecule has 0 nitrogen and oxygen atoms in total. The highest BCUT2D eigenvalue weighted by Crippen LogP contribution is 2.41.